The largest absolute Gasteiger partial charge is 0.319 e. The van der Waals surface area contributed by atoms with Crippen LogP contribution in [0.15, 0.2) is 24.3 Å². The van der Waals surface area contributed by atoms with E-state index >= 15 is 0 Å². The maximum Gasteiger partial charge on any atom is 0.166 e. The molecule has 1 aromatic rings. The van der Waals surface area contributed by atoms with Gasteiger partial charge in [-0.15, -0.1) is 0 Å². The quantitative estimate of drug-likeness (QED) is 0.745. The Balaban J connectivity index is 2.69. The fraction of sp³-hybridized carbons (Fsp3) is 0.500. The Morgan fingerprint density at radius 3 is 2.44 bits per heavy atom. The summed E-state index contributed by atoms with van der Waals surface area (Å²) < 4.78 is 0. The molecule has 1 N–H and O–H groups in total. The zero-order chi connectivity index (χ0) is 12.0. The van der Waals surface area contributed by atoms with Gasteiger partial charge in [0.25, 0.3) is 0 Å². The van der Waals surface area contributed by atoms with E-state index in [4.69, 9.17) is 0 Å². The molecular formula is C14H21NO. The number of benzene rings is 1. The van der Waals surface area contributed by atoms with Crippen molar-refractivity contribution in [1.82, 2.24) is 5.32 Å². The summed E-state index contributed by atoms with van der Waals surface area (Å²) in [6, 6.07) is 8.00. The first-order valence-electron chi connectivity index (χ1n) is 5.96. The molecule has 0 spiro atoms. The molecule has 0 aromatic heterocycles. The van der Waals surface area contributed by atoms with Crippen LogP contribution in [0.25, 0.3) is 0 Å². The molecule has 0 heterocycles. The molecule has 2 heteroatoms. The molecule has 0 radical (unpaired) electrons. The Kier molecular flexibility index (Phi) is 5.20. The van der Waals surface area contributed by atoms with E-state index in [1.54, 1.807) is 0 Å². The molecule has 0 fully saturated rings. The molecule has 0 amide bonds. The summed E-state index contributed by atoms with van der Waals surface area (Å²) in [6.45, 7) is 4.85. The molecule has 0 aliphatic rings. The second kappa shape index (κ2) is 6.44. The van der Waals surface area contributed by atoms with Gasteiger partial charge in [-0.25, -0.2) is 0 Å². The van der Waals surface area contributed by atoms with Crippen molar-refractivity contribution in [2.75, 3.05) is 13.6 Å². The highest BCUT2D eigenvalue weighted by Gasteiger charge is 2.13. The lowest BCUT2D eigenvalue weighted by atomic mass is 9.98. The van der Waals surface area contributed by atoms with Gasteiger partial charge < -0.3 is 5.32 Å². The third-order valence-corrected chi connectivity index (χ3v) is 2.74. The molecule has 2 nitrogen and oxygen atoms in total. The Morgan fingerprint density at radius 2 is 1.94 bits per heavy atom. The molecule has 0 saturated carbocycles. The van der Waals surface area contributed by atoms with E-state index in [-0.39, 0.29) is 11.7 Å². The molecule has 88 valence electrons. The fourth-order valence-electron chi connectivity index (χ4n) is 1.81. The zero-order valence-electron chi connectivity index (χ0n) is 10.4. The van der Waals surface area contributed by atoms with Crippen LogP contribution in [-0.2, 0) is 6.42 Å². The number of nitrogens with one attached hydrogen (secondary N) is 1. The van der Waals surface area contributed by atoms with Crippen LogP contribution in [0.4, 0.5) is 0 Å². The van der Waals surface area contributed by atoms with E-state index in [9.17, 15) is 4.79 Å². The van der Waals surface area contributed by atoms with Crippen molar-refractivity contribution in [2.45, 2.75) is 26.7 Å². The van der Waals surface area contributed by atoms with E-state index < -0.39 is 0 Å². The molecular weight excluding hydrogens is 198 g/mol. The Bertz CT molecular complexity index is 329. The first-order chi connectivity index (χ1) is 7.69. The lowest BCUT2D eigenvalue weighted by Gasteiger charge is -2.09. The summed E-state index contributed by atoms with van der Waals surface area (Å²) in [4.78, 5) is 12.0. The molecule has 1 unspecified atom stereocenters. The van der Waals surface area contributed by atoms with Crippen LogP contribution in [0, 0.1) is 5.92 Å². The van der Waals surface area contributed by atoms with Crippen LogP contribution in [0.3, 0.4) is 0 Å². The molecule has 1 rings (SSSR count). The van der Waals surface area contributed by atoms with Crippen LogP contribution in [0.1, 0.15) is 36.2 Å². The highest BCUT2D eigenvalue weighted by Crippen LogP contribution is 2.11. The number of hydrogen-bond acceptors (Lipinski definition) is 2. The van der Waals surface area contributed by atoms with Crippen LogP contribution in [-0.4, -0.2) is 19.4 Å². The van der Waals surface area contributed by atoms with Crippen LogP contribution in [0.2, 0.25) is 0 Å². The van der Waals surface area contributed by atoms with E-state index in [1.165, 1.54) is 5.56 Å². The van der Waals surface area contributed by atoms with Gasteiger partial charge in [0, 0.05) is 18.0 Å². The van der Waals surface area contributed by atoms with Gasteiger partial charge in [-0.2, -0.15) is 0 Å². The van der Waals surface area contributed by atoms with Crippen molar-refractivity contribution in [3.63, 3.8) is 0 Å². The minimum absolute atomic E-state index is 0.0435. The van der Waals surface area contributed by atoms with Crippen molar-refractivity contribution < 1.29 is 4.79 Å². The summed E-state index contributed by atoms with van der Waals surface area (Å²) >= 11 is 0. The topological polar surface area (TPSA) is 29.1 Å². The molecule has 1 aromatic carbocycles. The van der Waals surface area contributed by atoms with Crippen LogP contribution >= 0.6 is 0 Å². The average molecular weight is 219 g/mol. The number of hydrogen-bond donors (Lipinski definition) is 1. The van der Waals surface area contributed by atoms with Gasteiger partial charge >= 0.3 is 0 Å². The molecule has 1 atom stereocenters. The summed E-state index contributed by atoms with van der Waals surface area (Å²) in [5, 5.41) is 3.03. The standard InChI is InChI=1S/C14H21NO/c1-4-5-12-6-8-13(9-7-12)14(16)11(2)10-15-3/h6-9,11,15H,4-5,10H2,1-3H3. The van der Waals surface area contributed by atoms with E-state index in [0.29, 0.717) is 0 Å². The minimum atomic E-state index is 0.0435. The normalized spacial score (nSPS) is 12.4. The van der Waals surface area contributed by atoms with Gasteiger partial charge in [0.15, 0.2) is 5.78 Å². The highest BCUT2D eigenvalue weighted by atomic mass is 16.1. The Hall–Kier alpha value is -1.15. The van der Waals surface area contributed by atoms with Crippen molar-refractivity contribution in [3.8, 4) is 0 Å². The third-order valence-electron chi connectivity index (χ3n) is 2.74. The fourth-order valence-corrected chi connectivity index (χ4v) is 1.81. The van der Waals surface area contributed by atoms with Gasteiger partial charge in [0.05, 0.1) is 0 Å². The highest BCUT2D eigenvalue weighted by molar-refractivity contribution is 5.97. The third kappa shape index (κ3) is 3.46. The maximum atomic E-state index is 12.0. The zero-order valence-corrected chi connectivity index (χ0v) is 10.4. The van der Waals surface area contributed by atoms with Crippen molar-refractivity contribution in [2.24, 2.45) is 5.92 Å². The first kappa shape index (κ1) is 12.9. The summed E-state index contributed by atoms with van der Waals surface area (Å²) in [7, 11) is 1.87. The van der Waals surface area contributed by atoms with Gasteiger partial charge in [0.1, 0.15) is 0 Å². The van der Waals surface area contributed by atoms with E-state index in [2.05, 4.69) is 24.4 Å². The predicted molar refractivity (Wildman–Crippen MR) is 67.9 cm³/mol. The predicted octanol–water partition coefficient (Wildman–Crippen LogP) is 2.68. The van der Waals surface area contributed by atoms with Crippen LogP contribution in [0.5, 0.6) is 0 Å². The Morgan fingerprint density at radius 1 is 1.31 bits per heavy atom. The summed E-state index contributed by atoms with van der Waals surface area (Å²) in [5.74, 6) is 0.263. The van der Waals surface area contributed by atoms with Gasteiger partial charge in [-0.3, -0.25) is 4.79 Å². The van der Waals surface area contributed by atoms with Gasteiger partial charge in [-0.1, -0.05) is 44.5 Å². The smallest absolute Gasteiger partial charge is 0.166 e. The van der Waals surface area contributed by atoms with Crippen molar-refractivity contribution >= 4 is 5.78 Å². The number of carbonyl (C=O) groups is 1. The van der Waals surface area contributed by atoms with Gasteiger partial charge in [0.2, 0.25) is 0 Å². The SMILES string of the molecule is CCCc1ccc(C(=O)C(C)CNC)cc1. The van der Waals surface area contributed by atoms with Crippen molar-refractivity contribution in [3.05, 3.63) is 35.4 Å². The molecule has 0 aliphatic heterocycles. The second-order valence-corrected chi connectivity index (χ2v) is 4.27. The number of aryl methyl sites for hydroxylation is 1. The first-order valence-corrected chi connectivity index (χ1v) is 5.96. The van der Waals surface area contributed by atoms with E-state index in [1.807, 2.05) is 26.1 Å². The number of ketones is 1. The molecule has 0 saturated heterocycles. The van der Waals surface area contributed by atoms with Crippen LogP contribution < -0.4 is 5.32 Å². The van der Waals surface area contributed by atoms with Crippen molar-refractivity contribution in [1.29, 1.82) is 0 Å². The number of rotatable bonds is 6. The molecule has 0 bridgehead atoms. The monoisotopic (exact) mass is 219 g/mol. The van der Waals surface area contributed by atoms with Gasteiger partial charge in [-0.05, 0) is 19.0 Å². The Labute approximate surface area is 98.1 Å². The molecule has 0 aliphatic carbocycles. The average Bonchev–Trinajstić information content (AvgIpc) is 2.30. The molecule has 16 heavy (non-hydrogen) atoms. The maximum absolute atomic E-state index is 12.0. The number of Topliss-reactive ketones (excluding diaryl/α,β-unsaturated/α-hetero) is 1. The second-order valence-electron chi connectivity index (χ2n) is 4.27. The summed E-state index contributed by atoms with van der Waals surface area (Å²) in [6.07, 6.45) is 2.23. The minimum Gasteiger partial charge on any atom is -0.319 e. The van der Waals surface area contributed by atoms with E-state index in [0.717, 1.165) is 24.9 Å². The number of carbonyl (C=O) groups excluding carboxylic acids is 1. The summed E-state index contributed by atoms with van der Waals surface area (Å²) in [5.41, 5.74) is 2.13. The lowest BCUT2D eigenvalue weighted by Crippen LogP contribution is -2.23. The lowest BCUT2D eigenvalue weighted by molar-refractivity contribution is 0.0930.